The monoisotopic (exact) mass is 375 g/mol. The number of hydrogen-bond donors (Lipinski definition) is 0. The number of carbonyl (C=O) groups excluding carboxylic acids is 1. The molecule has 4 rings (SSSR count). The molecule has 2 aliphatic rings. The molecule has 27 heavy (non-hydrogen) atoms. The van der Waals surface area contributed by atoms with Crippen molar-refractivity contribution in [2.45, 2.75) is 25.8 Å². The standard InChI is InChI=1S/C22H21N3OS/c1-16-7-5-6-10-18(16)19-11-21(26)25-14-24(13-17-8-3-2-4-9-17)15-27-22(25)20(19)12-23/h2-10,19H,11,13-15H2,1H3/t19-/m0/s1. The molecule has 0 radical (unpaired) electrons. The average molecular weight is 375 g/mol. The maximum Gasteiger partial charge on any atom is 0.229 e. The molecule has 0 saturated carbocycles. The van der Waals surface area contributed by atoms with Crippen LogP contribution in [0.25, 0.3) is 0 Å². The molecular weight excluding hydrogens is 354 g/mol. The molecule has 5 heteroatoms. The van der Waals surface area contributed by atoms with Crippen LogP contribution in [-0.2, 0) is 11.3 Å². The van der Waals surface area contributed by atoms with E-state index in [0.717, 1.165) is 34.2 Å². The normalized spacial score (nSPS) is 20.4. The second-order valence-electron chi connectivity index (χ2n) is 7.00. The Labute approximate surface area is 164 Å². The van der Waals surface area contributed by atoms with Crippen LogP contribution in [0.15, 0.2) is 65.2 Å². The third-order valence-corrected chi connectivity index (χ3v) is 6.37. The van der Waals surface area contributed by atoms with Crippen LogP contribution in [0.2, 0.25) is 0 Å². The second-order valence-corrected chi connectivity index (χ2v) is 7.93. The minimum absolute atomic E-state index is 0.0996. The molecule has 0 unspecified atom stereocenters. The first kappa shape index (κ1) is 17.8. The van der Waals surface area contributed by atoms with Crippen molar-refractivity contribution in [2.24, 2.45) is 0 Å². The molecule has 1 amide bonds. The summed E-state index contributed by atoms with van der Waals surface area (Å²) in [5.74, 6) is 0.741. The zero-order valence-electron chi connectivity index (χ0n) is 15.3. The molecular formula is C22H21N3OS. The summed E-state index contributed by atoms with van der Waals surface area (Å²) in [6.45, 7) is 3.39. The van der Waals surface area contributed by atoms with E-state index in [-0.39, 0.29) is 11.8 Å². The lowest BCUT2D eigenvalue weighted by Gasteiger charge is -2.41. The van der Waals surface area contributed by atoms with Crippen molar-refractivity contribution in [3.8, 4) is 6.07 Å². The summed E-state index contributed by atoms with van der Waals surface area (Å²) in [6, 6.07) is 20.7. The number of amides is 1. The molecule has 4 nitrogen and oxygen atoms in total. The van der Waals surface area contributed by atoms with Crippen LogP contribution in [-0.4, -0.2) is 28.3 Å². The van der Waals surface area contributed by atoms with Gasteiger partial charge in [0.15, 0.2) is 0 Å². The highest BCUT2D eigenvalue weighted by Gasteiger charge is 2.38. The predicted molar refractivity (Wildman–Crippen MR) is 107 cm³/mol. The molecule has 2 aromatic rings. The number of carbonyl (C=O) groups is 1. The number of rotatable bonds is 3. The van der Waals surface area contributed by atoms with Gasteiger partial charge in [-0.3, -0.25) is 14.6 Å². The lowest BCUT2D eigenvalue weighted by atomic mass is 9.84. The van der Waals surface area contributed by atoms with Crippen LogP contribution in [0.3, 0.4) is 0 Å². The lowest BCUT2D eigenvalue weighted by molar-refractivity contribution is -0.131. The molecule has 0 N–H and O–H groups in total. The van der Waals surface area contributed by atoms with Crippen LogP contribution in [0, 0.1) is 18.3 Å². The Kier molecular flexibility index (Phi) is 5.02. The quantitative estimate of drug-likeness (QED) is 0.806. The fourth-order valence-electron chi connectivity index (χ4n) is 3.79. The molecule has 2 aromatic carbocycles. The van der Waals surface area contributed by atoms with Crippen LogP contribution in [0.4, 0.5) is 0 Å². The summed E-state index contributed by atoms with van der Waals surface area (Å²) in [5, 5.41) is 10.7. The van der Waals surface area contributed by atoms with Crippen LogP contribution in [0.5, 0.6) is 0 Å². The first-order chi connectivity index (χ1) is 13.2. The molecule has 2 heterocycles. The van der Waals surface area contributed by atoms with Gasteiger partial charge in [-0.05, 0) is 23.6 Å². The van der Waals surface area contributed by atoms with Gasteiger partial charge in [0.05, 0.1) is 29.2 Å². The average Bonchev–Trinajstić information content (AvgIpc) is 2.69. The van der Waals surface area contributed by atoms with Crippen molar-refractivity contribution in [1.29, 1.82) is 5.26 Å². The number of fused-ring (bicyclic) bond motifs is 1. The number of benzene rings is 2. The molecule has 1 atom stereocenters. The number of hydrogen-bond acceptors (Lipinski definition) is 4. The van der Waals surface area contributed by atoms with Crippen molar-refractivity contribution in [2.75, 3.05) is 12.5 Å². The maximum atomic E-state index is 12.9. The van der Waals surface area contributed by atoms with Crippen molar-refractivity contribution in [3.05, 3.63) is 81.9 Å². The van der Waals surface area contributed by atoms with E-state index >= 15 is 0 Å². The van der Waals surface area contributed by atoms with E-state index in [4.69, 9.17) is 0 Å². The van der Waals surface area contributed by atoms with E-state index in [9.17, 15) is 10.1 Å². The highest BCUT2D eigenvalue weighted by Crippen LogP contribution is 2.43. The van der Waals surface area contributed by atoms with Crippen molar-refractivity contribution in [3.63, 3.8) is 0 Å². The van der Waals surface area contributed by atoms with Crippen LogP contribution >= 0.6 is 11.8 Å². The SMILES string of the molecule is Cc1ccccc1[C@@H]1CC(=O)N2CN(Cc3ccccc3)CSC2=C1C#N. The third kappa shape index (κ3) is 3.51. The lowest BCUT2D eigenvalue weighted by Crippen LogP contribution is -2.46. The molecule has 0 spiro atoms. The first-order valence-corrected chi connectivity index (χ1v) is 10.0. The topological polar surface area (TPSA) is 47.3 Å². The Morgan fingerprint density at radius 3 is 2.63 bits per heavy atom. The van der Waals surface area contributed by atoms with Gasteiger partial charge in [0.1, 0.15) is 0 Å². The summed E-state index contributed by atoms with van der Waals surface area (Å²) in [6.07, 6.45) is 0.358. The summed E-state index contributed by atoms with van der Waals surface area (Å²) < 4.78 is 0. The highest BCUT2D eigenvalue weighted by atomic mass is 32.2. The molecule has 0 aromatic heterocycles. The van der Waals surface area contributed by atoms with Crippen LogP contribution in [0.1, 0.15) is 29.0 Å². The first-order valence-electron chi connectivity index (χ1n) is 9.06. The molecule has 0 bridgehead atoms. The van der Waals surface area contributed by atoms with Crippen molar-refractivity contribution < 1.29 is 4.79 Å². The Morgan fingerprint density at radius 1 is 1.15 bits per heavy atom. The van der Waals surface area contributed by atoms with Gasteiger partial charge in [-0.2, -0.15) is 5.26 Å². The largest absolute Gasteiger partial charge is 0.292 e. The highest BCUT2D eigenvalue weighted by molar-refractivity contribution is 8.03. The summed E-state index contributed by atoms with van der Waals surface area (Å²) >= 11 is 1.60. The Hall–Kier alpha value is -2.55. The smallest absolute Gasteiger partial charge is 0.229 e. The fraction of sp³-hybridized carbons (Fsp3) is 0.273. The van der Waals surface area contributed by atoms with E-state index in [1.165, 1.54) is 5.56 Å². The van der Waals surface area contributed by atoms with Gasteiger partial charge in [0.25, 0.3) is 0 Å². The number of allylic oxidation sites excluding steroid dienone is 1. The summed E-state index contributed by atoms with van der Waals surface area (Å²) in [4.78, 5) is 17.0. The molecule has 0 aliphatic carbocycles. The molecule has 2 aliphatic heterocycles. The van der Waals surface area contributed by atoms with Gasteiger partial charge in [0.2, 0.25) is 5.91 Å². The van der Waals surface area contributed by atoms with Crippen LogP contribution < -0.4 is 0 Å². The van der Waals surface area contributed by atoms with E-state index in [0.29, 0.717) is 13.1 Å². The number of nitriles is 1. The van der Waals surface area contributed by atoms with Gasteiger partial charge in [0, 0.05) is 18.9 Å². The minimum Gasteiger partial charge on any atom is -0.292 e. The summed E-state index contributed by atoms with van der Waals surface area (Å²) in [5.41, 5.74) is 4.17. The Morgan fingerprint density at radius 2 is 1.89 bits per heavy atom. The van der Waals surface area contributed by atoms with Gasteiger partial charge in [-0.15, -0.1) is 0 Å². The van der Waals surface area contributed by atoms with Gasteiger partial charge < -0.3 is 0 Å². The molecule has 136 valence electrons. The molecule has 1 saturated heterocycles. The Bertz CT molecular complexity index is 932. The predicted octanol–water partition coefficient (Wildman–Crippen LogP) is 4.21. The summed E-state index contributed by atoms with van der Waals surface area (Å²) in [7, 11) is 0. The number of thioether (sulfide) groups is 1. The maximum absolute atomic E-state index is 12.9. The van der Waals surface area contributed by atoms with Gasteiger partial charge >= 0.3 is 0 Å². The van der Waals surface area contributed by atoms with Gasteiger partial charge in [-0.25, -0.2) is 0 Å². The van der Waals surface area contributed by atoms with Crippen molar-refractivity contribution in [1.82, 2.24) is 9.80 Å². The van der Waals surface area contributed by atoms with E-state index < -0.39 is 0 Å². The van der Waals surface area contributed by atoms with Crippen molar-refractivity contribution >= 4 is 17.7 Å². The van der Waals surface area contributed by atoms with Gasteiger partial charge in [-0.1, -0.05) is 66.4 Å². The molecule has 1 fully saturated rings. The fourth-order valence-corrected chi connectivity index (χ4v) is 4.93. The zero-order chi connectivity index (χ0) is 18.8. The minimum atomic E-state index is -0.136. The Balaban J connectivity index is 1.61. The van der Waals surface area contributed by atoms with E-state index in [1.54, 1.807) is 16.7 Å². The zero-order valence-corrected chi connectivity index (χ0v) is 16.1. The second kappa shape index (κ2) is 7.59. The third-order valence-electron chi connectivity index (χ3n) is 5.16. The number of aryl methyl sites for hydroxylation is 1. The van der Waals surface area contributed by atoms with E-state index in [2.05, 4.69) is 23.1 Å². The van der Waals surface area contributed by atoms with E-state index in [1.807, 2.05) is 49.4 Å². The number of nitrogens with zero attached hydrogens (tertiary/aromatic N) is 3.